The highest BCUT2D eigenvalue weighted by atomic mass is 16.6. The third-order valence-corrected chi connectivity index (χ3v) is 32.2. The maximum atomic E-state index is 14.5. The van der Waals surface area contributed by atoms with E-state index in [0.717, 1.165) is 115 Å². The number of hydrogen-bond acceptors (Lipinski definition) is 17. The number of nitrogens with one attached hydrogen (secondary N) is 7. The van der Waals surface area contributed by atoms with Gasteiger partial charge in [0.05, 0.1) is 39.9 Å². The number of amides is 5. The molecule has 25 nitrogen and oxygen atoms in total. The molecule has 8 N–H and O–H groups in total. The number of carboxylic acid groups (broad SMARTS) is 1. The molecule has 5 amide bonds. The number of para-hydroxylation sites is 3. The fraction of sp³-hybridized carbons (Fsp3) is 0.426. The van der Waals surface area contributed by atoms with Gasteiger partial charge in [-0.1, -0.05) is 262 Å². The molecule has 0 radical (unpaired) electrons. The van der Waals surface area contributed by atoms with Crippen molar-refractivity contribution in [3.05, 3.63) is 278 Å². The number of rotatable bonds is 22. The van der Waals surface area contributed by atoms with E-state index >= 15 is 0 Å². The molecule has 0 bridgehead atoms. The Hall–Kier alpha value is -13.8. The third kappa shape index (κ3) is 22.4. The lowest BCUT2D eigenvalue weighted by Crippen LogP contribution is -2.54. The average molecular weight is 1980 g/mol. The Kier molecular flexibility index (Phi) is 28.8. The number of aliphatic carboxylic acids is 1. The lowest BCUT2D eigenvalue weighted by atomic mass is 9.82. The van der Waals surface area contributed by atoms with Crippen LogP contribution in [0, 0.1) is 50.2 Å². The molecule has 21 rings (SSSR count). The Morgan fingerprint density at radius 2 is 0.728 bits per heavy atom. The number of likely N-dealkylation sites (tertiary alicyclic amines) is 2. The van der Waals surface area contributed by atoms with Crippen LogP contribution in [0.5, 0.6) is 17.2 Å². The van der Waals surface area contributed by atoms with Crippen LogP contribution in [0.15, 0.2) is 232 Å². The highest BCUT2D eigenvalue weighted by Gasteiger charge is 2.50. The van der Waals surface area contributed by atoms with Crippen molar-refractivity contribution >= 4 is 80.4 Å². The smallest absolute Gasteiger partial charge is 0.413 e. The highest BCUT2D eigenvalue weighted by molar-refractivity contribution is 6.05. The second-order valence-electron chi connectivity index (χ2n) is 47.1. The molecule has 10 aliphatic rings. The fourth-order valence-electron chi connectivity index (χ4n) is 24.5. The number of carbonyl (C=O) groups is 6. The molecule has 4 saturated heterocycles. The molecule has 6 aliphatic heterocycles. The van der Waals surface area contributed by atoms with Gasteiger partial charge in [0.1, 0.15) is 47.0 Å². The van der Waals surface area contributed by atoms with E-state index in [1.807, 2.05) is 63.1 Å². The van der Waals surface area contributed by atoms with Crippen molar-refractivity contribution in [3.63, 3.8) is 0 Å². The van der Waals surface area contributed by atoms with Crippen molar-refractivity contribution < 1.29 is 48.1 Å². The van der Waals surface area contributed by atoms with Crippen LogP contribution in [0.3, 0.4) is 0 Å². The van der Waals surface area contributed by atoms with Crippen LogP contribution < -0.4 is 51.9 Å². The van der Waals surface area contributed by atoms with Gasteiger partial charge in [-0.2, -0.15) is 0 Å². The first kappa shape index (κ1) is 102. The molecular formula is C122H139N13O12. The Morgan fingerprint density at radius 3 is 1.12 bits per heavy atom. The number of ether oxygens (including phenoxy) is 3. The average Bonchev–Trinajstić information content (AvgIpc) is 1.58. The maximum absolute atomic E-state index is 14.5. The van der Waals surface area contributed by atoms with Crippen LogP contribution in [0.25, 0.3) is 77.5 Å². The van der Waals surface area contributed by atoms with E-state index in [0.29, 0.717) is 82.2 Å². The summed E-state index contributed by atoms with van der Waals surface area (Å²) in [6.45, 7) is 31.8. The minimum atomic E-state index is -1.08. The fourth-order valence-corrected chi connectivity index (χ4v) is 24.5. The van der Waals surface area contributed by atoms with Gasteiger partial charge in [0.2, 0.25) is 11.8 Å². The number of H-pyrrole nitrogens is 2. The minimum Gasteiger partial charge on any atom is -0.480 e. The van der Waals surface area contributed by atoms with Gasteiger partial charge >= 0.3 is 24.2 Å². The highest BCUT2D eigenvalue weighted by Crippen LogP contribution is 2.56. The van der Waals surface area contributed by atoms with Gasteiger partial charge in [-0.05, 0) is 277 Å². The number of nitrogens with zero attached hydrogens (tertiary/aromatic N) is 6. The van der Waals surface area contributed by atoms with Crippen molar-refractivity contribution in [2.75, 3.05) is 26.2 Å². The van der Waals surface area contributed by atoms with Gasteiger partial charge in [0, 0.05) is 68.9 Å². The molecule has 764 valence electrons. The summed E-state index contributed by atoms with van der Waals surface area (Å²) in [6, 6.07) is 62.8. The van der Waals surface area contributed by atoms with Crippen LogP contribution in [0.1, 0.15) is 244 Å². The monoisotopic (exact) mass is 1980 g/mol. The van der Waals surface area contributed by atoms with E-state index < -0.39 is 48.4 Å². The Labute approximate surface area is 861 Å². The van der Waals surface area contributed by atoms with E-state index in [9.17, 15) is 38.4 Å². The van der Waals surface area contributed by atoms with E-state index in [1.165, 1.54) is 113 Å². The summed E-state index contributed by atoms with van der Waals surface area (Å²) in [6.07, 6.45) is 21.3. The summed E-state index contributed by atoms with van der Waals surface area (Å²) < 4.78 is 16.0. The van der Waals surface area contributed by atoms with Gasteiger partial charge in [0.15, 0.2) is 0 Å². The van der Waals surface area contributed by atoms with Gasteiger partial charge < -0.3 is 65.7 Å². The van der Waals surface area contributed by atoms with Crippen molar-refractivity contribution in [2.45, 2.75) is 255 Å². The summed E-state index contributed by atoms with van der Waals surface area (Å²) in [5, 5.41) is 25.3. The summed E-state index contributed by atoms with van der Waals surface area (Å²) in [4.78, 5) is 135. The second-order valence-corrected chi connectivity index (χ2v) is 47.1. The van der Waals surface area contributed by atoms with Crippen molar-refractivity contribution in [3.8, 4) is 61.8 Å². The first-order valence-corrected chi connectivity index (χ1v) is 52.8. The molecular weight excluding hydrogens is 1840 g/mol. The number of carbonyl (C=O) groups excluding carboxylic acids is 5. The Bertz CT molecular complexity index is 7130. The Balaban J connectivity index is 0.000000173. The van der Waals surface area contributed by atoms with Crippen LogP contribution in [-0.2, 0) is 40.1 Å². The zero-order chi connectivity index (χ0) is 103. The molecule has 1 unspecified atom stereocenters. The van der Waals surface area contributed by atoms with Crippen molar-refractivity contribution in [1.29, 1.82) is 0 Å². The predicted octanol–water partition coefficient (Wildman–Crippen LogP) is 23.1. The first-order valence-electron chi connectivity index (χ1n) is 52.8. The SMILES string of the molecule is CC(C)C(NC(=O)Oc1ccccc1)C(=O)N1CC(C)(C)C[C@H]1C1=NC=C(c2ccc(-c3ccc(-c4ccc5nc([C@@H]6CC(C)(C)CN6C(=O)[C@@H](NC(=O)Oc6ccccc6)C(C)C)[nH]c(=O)c5c4)c4c3CC3(CCCC3)C4)cc2)C1.CC(C)[C@H](NC(=O)Oc1ccccc1)C(=O)O.CC1(C)CN[C@H](C2=NC=C(c3ccc(-c4ccc(-c5ccc6nc([C@@H]7CC(C)(C)CN7)[nH]c(=O)c6c5)c5c4CC4(CCCC4)C5)cc3)C2)C1. The Morgan fingerprint density at radius 1 is 0.388 bits per heavy atom. The molecule has 4 aliphatic carbocycles. The molecule has 9 aromatic carbocycles. The van der Waals surface area contributed by atoms with Gasteiger partial charge in [-0.3, -0.25) is 29.2 Å². The normalized spacial score (nSPS) is 20.9. The molecule has 11 aromatic rings. The van der Waals surface area contributed by atoms with Crippen LogP contribution in [0.2, 0.25) is 0 Å². The summed E-state index contributed by atoms with van der Waals surface area (Å²) in [5.74, 6) is 0.260. The van der Waals surface area contributed by atoms with E-state index in [2.05, 4.69) is 195 Å². The first-order chi connectivity index (χ1) is 70.3. The maximum Gasteiger partial charge on any atom is 0.413 e. The van der Waals surface area contributed by atoms with Gasteiger partial charge in [-0.15, -0.1) is 0 Å². The lowest BCUT2D eigenvalue weighted by molar-refractivity contribution is -0.140. The van der Waals surface area contributed by atoms with Gasteiger partial charge in [-0.25, -0.2) is 29.1 Å². The molecule has 7 atom stereocenters. The topological polar surface area (TPSA) is 333 Å². The van der Waals surface area contributed by atoms with E-state index in [4.69, 9.17) is 39.3 Å². The number of carboxylic acids is 1. The molecule has 2 saturated carbocycles. The van der Waals surface area contributed by atoms with Crippen LogP contribution in [-0.4, -0.2) is 139 Å². The number of fused-ring (bicyclic) bond motifs is 4. The summed E-state index contributed by atoms with van der Waals surface area (Å²) in [7, 11) is 0. The largest absolute Gasteiger partial charge is 0.480 e. The summed E-state index contributed by atoms with van der Waals surface area (Å²) >= 11 is 0. The third-order valence-electron chi connectivity index (χ3n) is 32.2. The second kappa shape index (κ2) is 41.5. The molecule has 147 heavy (non-hydrogen) atoms. The quantitative estimate of drug-likeness (QED) is 0.0312. The molecule has 2 aromatic heterocycles. The zero-order valence-corrected chi connectivity index (χ0v) is 87.2. The minimum absolute atomic E-state index is 0.0489. The molecule has 25 heteroatoms. The number of aromatic nitrogens is 4. The molecule has 8 heterocycles. The van der Waals surface area contributed by atoms with Crippen LogP contribution in [0.4, 0.5) is 14.4 Å². The predicted molar refractivity (Wildman–Crippen MR) is 580 cm³/mol. The number of aliphatic imine (C=N–C) groups is 2. The standard InChI is InChI=1S/C67H75N7O7.C43H49N5O.C12H15NO4/c1-40(2)57(70-63(78)80-46-17-11-9-12-18-46)61(76)73-38-65(5,6)35-55(73)54-32-45(37-68-54)42-21-23-43(24-22-42)48-26-27-49(52-34-67(33-51(48)52)29-15-16-30-67)44-25-28-53-50(31-44)60(75)72-59(69-53)56-36-66(7,8)39-74(56)62(77)58(41(3)4)71-64(79)81-47-19-13-10-14-20-47;1-41(2)21-37(45-24-41)36-18-29(23-44-36)26-7-9-27(10-8-26)30-12-13-31(34-20-43(19-33(30)34)15-5-6-16-43)28-11-14-35-32(17-28)40(49)48-39(47-35)38-22-42(3,4)25-46-38;1-8(2)10(11(14)15)13-12(16)17-9-6-4-3-5-7-9/h9-14,17-28,31,37,40-41,55-58H,15-16,29-30,32-36,38-39H2,1-8H3,(H,70,78)(H,71,79)(H,69,72,75);7-14,17,23,37-38,45-46H,5-6,15-16,18-22,24-25H2,1-4H3,(H,47,48,49);3-8,10H,1-2H3,(H,13,16)(H,14,15)/t55-,56-,57?,58-;37-,38-;10-/m000/s1. The van der Waals surface area contributed by atoms with E-state index in [-0.39, 0.29) is 74.4 Å². The van der Waals surface area contributed by atoms with Crippen LogP contribution >= 0.6 is 0 Å². The number of aromatic amines is 2. The lowest BCUT2D eigenvalue weighted by Gasteiger charge is -2.31. The molecule has 6 fully saturated rings. The summed E-state index contributed by atoms with van der Waals surface area (Å²) in [5.41, 5.74) is 24.0. The van der Waals surface area contributed by atoms with Gasteiger partial charge in [0.25, 0.3) is 11.1 Å². The van der Waals surface area contributed by atoms with E-state index in [1.54, 1.807) is 97.6 Å². The van der Waals surface area contributed by atoms with Crippen molar-refractivity contribution in [2.24, 2.45) is 60.2 Å². The number of benzene rings is 9. The number of allylic oxidation sites excluding steroid dienone is 2. The van der Waals surface area contributed by atoms with Crippen molar-refractivity contribution in [1.82, 2.24) is 56.3 Å². The molecule has 2 spiro atoms. The number of hydrogen-bond donors (Lipinski definition) is 8. The zero-order valence-electron chi connectivity index (χ0n) is 87.2.